The zero-order valence-electron chi connectivity index (χ0n) is 15.1. The Morgan fingerprint density at radius 2 is 1.71 bits per heavy atom. The average molecular weight is 322 g/mol. The summed E-state index contributed by atoms with van der Waals surface area (Å²) in [5.74, 6) is 1.66. The van der Waals surface area contributed by atoms with E-state index in [0.717, 1.165) is 18.3 Å². The van der Waals surface area contributed by atoms with E-state index < -0.39 is 0 Å². The summed E-state index contributed by atoms with van der Waals surface area (Å²) in [6, 6.07) is 11.2. The minimum atomic E-state index is 0.724. The molecule has 1 saturated carbocycles. The molecule has 0 N–H and O–H groups in total. The lowest BCUT2D eigenvalue weighted by atomic mass is 9.79. The van der Waals surface area contributed by atoms with E-state index in [1.165, 1.54) is 68.6 Å². The van der Waals surface area contributed by atoms with Crippen LogP contribution in [0.25, 0.3) is 0 Å². The first-order chi connectivity index (χ1) is 11.8. The second-order valence-electron chi connectivity index (χ2n) is 7.07. The first-order valence-corrected chi connectivity index (χ1v) is 9.62. The van der Waals surface area contributed by atoms with Gasteiger partial charge in [0.2, 0.25) is 0 Å². The molecule has 0 spiro atoms. The summed E-state index contributed by atoms with van der Waals surface area (Å²) in [5, 5.41) is 8.47. The zero-order valence-corrected chi connectivity index (χ0v) is 15.1. The second-order valence-corrected chi connectivity index (χ2v) is 7.07. The average Bonchev–Trinajstić information content (AvgIpc) is 2.64. The van der Waals surface area contributed by atoms with Gasteiger partial charge in [0, 0.05) is 6.08 Å². The molecule has 1 aromatic carbocycles. The fourth-order valence-electron chi connectivity index (χ4n) is 3.69. The van der Waals surface area contributed by atoms with Crippen molar-refractivity contribution in [3.05, 3.63) is 59.7 Å². The molecule has 1 nitrogen and oxygen atoms in total. The van der Waals surface area contributed by atoms with E-state index in [-0.39, 0.29) is 0 Å². The molecule has 1 heteroatoms. The highest BCUT2D eigenvalue weighted by atomic mass is 14.2. The Bertz CT molecular complexity index is 551. The van der Waals surface area contributed by atoms with Gasteiger partial charge in [-0.15, -0.1) is 0 Å². The van der Waals surface area contributed by atoms with Crippen LogP contribution in [0, 0.1) is 23.2 Å². The van der Waals surface area contributed by atoms with Crippen molar-refractivity contribution < 1.29 is 0 Å². The number of nitrogens with zero attached hydrogens (tertiary/aromatic N) is 1. The van der Waals surface area contributed by atoms with Gasteiger partial charge >= 0.3 is 0 Å². The predicted octanol–water partition coefficient (Wildman–Crippen LogP) is 6.40. The molecule has 1 aliphatic rings. The summed E-state index contributed by atoms with van der Waals surface area (Å²) in [7, 11) is 0. The van der Waals surface area contributed by atoms with Crippen LogP contribution in [0.3, 0.4) is 0 Å². The minimum Gasteiger partial charge on any atom is -0.193 e. The van der Waals surface area contributed by atoms with Gasteiger partial charge in [-0.1, -0.05) is 62.3 Å². The largest absolute Gasteiger partial charge is 0.193 e. The third kappa shape index (κ3) is 6.75. The highest BCUT2D eigenvalue weighted by Crippen LogP contribution is 2.32. The lowest BCUT2D eigenvalue weighted by molar-refractivity contribution is 0.289. The molecule has 0 atom stereocenters. The molecule has 128 valence electrons. The molecule has 0 aromatic heterocycles. The topological polar surface area (TPSA) is 23.8 Å². The molecule has 0 heterocycles. The van der Waals surface area contributed by atoms with Gasteiger partial charge in [-0.3, -0.25) is 0 Å². The molecule has 24 heavy (non-hydrogen) atoms. The second kappa shape index (κ2) is 10.9. The van der Waals surface area contributed by atoms with Crippen LogP contribution in [0.2, 0.25) is 0 Å². The van der Waals surface area contributed by atoms with Gasteiger partial charge in [-0.05, 0) is 67.9 Å². The van der Waals surface area contributed by atoms with Gasteiger partial charge < -0.3 is 0 Å². The minimum absolute atomic E-state index is 0.724. The number of aryl methyl sites for hydroxylation is 2. The Labute approximate surface area is 148 Å². The zero-order chi connectivity index (χ0) is 17.0. The van der Waals surface area contributed by atoms with Gasteiger partial charge in [-0.2, -0.15) is 5.26 Å². The molecule has 1 fully saturated rings. The standard InChI is InChI=1S/C23H31N/c1-2-20-11-13-22(14-12-20)9-5-6-10-23-17-15-21(16-18-23)8-4-3-7-19-24/h3-4,7-8,11-14,21,23H,2,5-6,9-10,15-18H2,1H3/b7-3+,8-4+. The highest BCUT2D eigenvalue weighted by molar-refractivity contribution is 5.22. The Kier molecular flexibility index (Phi) is 8.39. The first-order valence-electron chi connectivity index (χ1n) is 9.62. The number of hydrogen-bond donors (Lipinski definition) is 0. The summed E-state index contributed by atoms with van der Waals surface area (Å²) >= 11 is 0. The fraction of sp³-hybridized carbons (Fsp3) is 0.522. The smallest absolute Gasteiger partial charge is 0.0912 e. The number of unbranched alkanes of at least 4 members (excludes halogenated alkanes) is 1. The van der Waals surface area contributed by atoms with Crippen molar-refractivity contribution in [3.8, 4) is 6.07 Å². The summed E-state index contributed by atoms with van der Waals surface area (Å²) in [5.41, 5.74) is 2.93. The van der Waals surface area contributed by atoms with Crippen LogP contribution < -0.4 is 0 Å². The van der Waals surface area contributed by atoms with Crippen LogP contribution in [0.1, 0.15) is 63.0 Å². The van der Waals surface area contributed by atoms with Crippen LogP contribution in [-0.2, 0) is 12.8 Å². The number of nitriles is 1. The summed E-state index contributed by atoms with van der Waals surface area (Å²) in [4.78, 5) is 0. The molecule has 1 aromatic rings. The van der Waals surface area contributed by atoms with Crippen LogP contribution >= 0.6 is 0 Å². The van der Waals surface area contributed by atoms with E-state index in [1.807, 2.05) is 18.2 Å². The van der Waals surface area contributed by atoms with Crippen molar-refractivity contribution in [1.29, 1.82) is 5.26 Å². The van der Waals surface area contributed by atoms with E-state index in [2.05, 4.69) is 37.3 Å². The lowest BCUT2D eigenvalue weighted by Gasteiger charge is -2.26. The highest BCUT2D eigenvalue weighted by Gasteiger charge is 2.18. The van der Waals surface area contributed by atoms with Crippen molar-refractivity contribution >= 4 is 0 Å². The quantitative estimate of drug-likeness (QED) is 0.308. The fourth-order valence-corrected chi connectivity index (χ4v) is 3.69. The van der Waals surface area contributed by atoms with Gasteiger partial charge in [0.1, 0.15) is 0 Å². The molecule has 1 aliphatic carbocycles. The maximum absolute atomic E-state index is 8.47. The SMILES string of the molecule is CCc1ccc(CCCCC2CCC(/C=C/C=C/C#N)CC2)cc1. The van der Waals surface area contributed by atoms with Gasteiger partial charge in [0.25, 0.3) is 0 Å². The Hall–Kier alpha value is -1.81. The van der Waals surface area contributed by atoms with Gasteiger partial charge in [-0.25, -0.2) is 0 Å². The molecule has 0 unspecified atom stereocenters. The van der Waals surface area contributed by atoms with Gasteiger partial charge in [0.15, 0.2) is 0 Å². The summed E-state index contributed by atoms with van der Waals surface area (Å²) in [6.45, 7) is 2.21. The normalized spacial score (nSPS) is 21.3. The number of hydrogen-bond acceptors (Lipinski definition) is 1. The molecule has 0 bridgehead atoms. The molecule has 0 radical (unpaired) electrons. The van der Waals surface area contributed by atoms with Gasteiger partial charge in [0.05, 0.1) is 6.07 Å². The number of rotatable bonds is 8. The van der Waals surface area contributed by atoms with E-state index in [9.17, 15) is 0 Å². The van der Waals surface area contributed by atoms with Crippen molar-refractivity contribution in [3.63, 3.8) is 0 Å². The summed E-state index contributed by atoms with van der Waals surface area (Å²) < 4.78 is 0. The van der Waals surface area contributed by atoms with Crippen LogP contribution in [0.5, 0.6) is 0 Å². The van der Waals surface area contributed by atoms with E-state index in [4.69, 9.17) is 5.26 Å². The molecular formula is C23H31N. The summed E-state index contributed by atoms with van der Waals surface area (Å²) in [6.07, 6.45) is 19.6. The Balaban J connectivity index is 1.58. The number of allylic oxidation sites excluding steroid dienone is 4. The first kappa shape index (κ1) is 18.5. The van der Waals surface area contributed by atoms with Crippen LogP contribution in [-0.4, -0.2) is 0 Å². The third-order valence-electron chi connectivity index (χ3n) is 5.32. The molecule has 0 amide bonds. The van der Waals surface area contributed by atoms with Crippen molar-refractivity contribution in [1.82, 2.24) is 0 Å². The molecule has 0 aliphatic heterocycles. The van der Waals surface area contributed by atoms with E-state index >= 15 is 0 Å². The maximum Gasteiger partial charge on any atom is 0.0912 e. The monoisotopic (exact) mass is 321 g/mol. The maximum atomic E-state index is 8.47. The van der Waals surface area contributed by atoms with Crippen LogP contribution in [0.15, 0.2) is 48.6 Å². The molecule has 0 saturated heterocycles. The lowest BCUT2D eigenvalue weighted by Crippen LogP contribution is -2.13. The molecule has 2 rings (SSSR count). The molecular weight excluding hydrogens is 290 g/mol. The van der Waals surface area contributed by atoms with E-state index in [0.29, 0.717) is 0 Å². The Morgan fingerprint density at radius 1 is 1.00 bits per heavy atom. The van der Waals surface area contributed by atoms with E-state index in [1.54, 1.807) is 0 Å². The van der Waals surface area contributed by atoms with Crippen molar-refractivity contribution in [2.45, 2.75) is 64.7 Å². The Morgan fingerprint density at radius 3 is 2.38 bits per heavy atom. The third-order valence-corrected chi connectivity index (χ3v) is 5.32. The predicted molar refractivity (Wildman–Crippen MR) is 103 cm³/mol. The van der Waals surface area contributed by atoms with Crippen LogP contribution in [0.4, 0.5) is 0 Å². The van der Waals surface area contributed by atoms with Crippen molar-refractivity contribution in [2.24, 2.45) is 11.8 Å². The van der Waals surface area contributed by atoms with Crippen molar-refractivity contribution in [2.75, 3.05) is 0 Å². The number of benzene rings is 1.